The molecule has 12 heavy (non-hydrogen) atoms. The molecule has 0 spiro atoms. The van der Waals surface area contributed by atoms with Gasteiger partial charge in [-0.05, 0) is 25.0 Å². The molecule has 0 aliphatic carbocycles. The normalized spacial score (nSPS) is 12.5. The lowest BCUT2D eigenvalue weighted by Gasteiger charge is -2.09. The van der Waals surface area contributed by atoms with Crippen molar-refractivity contribution in [3.8, 4) is 0 Å². The molecule has 3 nitrogen and oxygen atoms in total. The number of furan rings is 1. The Labute approximate surface area is 71.8 Å². The zero-order valence-electron chi connectivity index (χ0n) is 7.33. The van der Waals surface area contributed by atoms with Crippen LogP contribution in [0.5, 0.6) is 0 Å². The maximum Gasteiger partial charge on any atom is 0.217 e. The van der Waals surface area contributed by atoms with Crippen LogP contribution in [0.1, 0.15) is 19.4 Å². The first-order valence-electron chi connectivity index (χ1n) is 3.96. The summed E-state index contributed by atoms with van der Waals surface area (Å²) in [6.45, 7) is 3.49. The number of carbonyl (C=O) groups excluding carboxylic acids is 1. The molecular weight excluding hydrogens is 154 g/mol. The molecule has 1 aromatic rings. The molecule has 3 heteroatoms. The number of amides is 1. The maximum atomic E-state index is 10.6. The summed E-state index contributed by atoms with van der Waals surface area (Å²) in [6.07, 6.45) is 4.14. The number of hydrogen-bond acceptors (Lipinski definition) is 2. The third-order valence-electron chi connectivity index (χ3n) is 1.57. The van der Waals surface area contributed by atoms with Gasteiger partial charge < -0.3 is 9.73 Å². The van der Waals surface area contributed by atoms with E-state index in [0.29, 0.717) is 0 Å². The molecule has 1 aromatic heterocycles. The smallest absolute Gasteiger partial charge is 0.217 e. The topological polar surface area (TPSA) is 42.2 Å². The predicted molar refractivity (Wildman–Crippen MR) is 45.7 cm³/mol. The highest BCUT2D eigenvalue weighted by Gasteiger charge is 2.04. The zero-order valence-corrected chi connectivity index (χ0v) is 7.33. The van der Waals surface area contributed by atoms with Gasteiger partial charge in [-0.3, -0.25) is 4.79 Å². The number of carbonyl (C=O) groups is 1. The lowest BCUT2D eigenvalue weighted by molar-refractivity contribution is -0.119. The third kappa shape index (κ3) is 2.78. The molecule has 0 radical (unpaired) electrons. The van der Waals surface area contributed by atoms with Gasteiger partial charge in [0.25, 0.3) is 0 Å². The van der Waals surface area contributed by atoms with Crippen molar-refractivity contribution in [2.24, 2.45) is 0 Å². The Morgan fingerprint density at radius 3 is 3.00 bits per heavy atom. The highest BCUT2D eigenvalue weighted by molar-refractivity contribution is 5.73. The fraction of sp³-hybridized carbons (Fsp3) is 0.444. The van der Waals surface area contributed by atoms with Crippen molar-refractivity contribution in [2.75, 3.05) is 0 Å². The first-order chi connectivity index (χ1) is 5.68. The van der Waals surface area contributed by atoms with E-state index in [1.54, 1.807) is 12.5 Å². The van der Waals surface area contributed by atoms with Crippen molar-refractivity contribution < 1.29 is 9.21 Å². The van der Waals surface area contributed by atoms with E-state index < -0.39 is 0 Å². The molecule has 0 fully saturated rings. The Bertz CT molecular complexity index is 241. The van der Waals surface area contributed by atoms with Crippen LogP contribution in [0.25, 0.3) is 0 Å². The second-order valence-corrected chi connectivity index (χ2v) is 2.94. The largest absolute Gasteiger partial charge is 0.472 e. The fourth-order valence-corrected chi connectivity index (χ4v) is 1.16. The standard InChI is InChI=1S/C9H13NO2/c1-7(10-8(2)11)5-9-3-4-12-6-9/h3-4,6-7H,5H2,1-2H3,(H,10,11). The van der Waals surface area contributed by atoms with Crippen molar-refractivity contribution in [3.63, 3.8) is 0 Å². The Morgan fingerprint density at radius 2 is 2.50 bits per heavy atom. The molecule has 0 saturated heterocycles. The zero-order chi connectivity index (χ0) is 8.97. The Hall–Kier alpha value is -1.25. The van der Waals surface area contributed by atoms with Crippen LogP contribution in [0.2, 0.25) is 0 Å². The highest BCUT2D eigenvalue weighted by Crippen LogP contribution is 2.03. The molecule has 0 aromatic carbocycles. The molecule has 0 aliphatic rings. The quantitative estimate of drug-likeness (QED) is 0.738. The molecule has 66 valence electrons. The van der Waals surface area contributed by atoms with Gasteiger partial charge >= 0.3 is 0 Å². The van der Waals surface area contributed by atoms with E-state index in [-0.39, 0.29) is 11.9 Å². The summed E-state index contributed by atoms with van der Waals surface area (Å²) in [5.41, 5.74) is 1.11. The van der Waals surface area contributed by atoms with Crippen LogP contribution in [0, 0.1) is 0 Å². The average Bonchev–Trinajstić information content (AvgIpc) is 2.37. The van der Waals surface area contributed by atoms with E-state index in [1.165, 1.54) is 6.92 Å². The molecule has 1 amide bonds. The van der Waals surface area contributed by atoms with Crippen molar-refractivity contribution in [1.29, 1.82) is 0 Å². The highest BCUT2D eigenvalue weighted by atomic mass is 16.3. The van der Waals surface area contributed by atoms with Gasteiger partial charge in [0.15, 0.2) is 0 Å². The minimum Gasteiger partial charge on any atom is -0.472 e. The fourth-order valence-electron chi connectivity index (χ4n) is 1.16. The lowest BCUT2D eigenvalue weighted by Crippen LogP contribution is -2.31. The van der Waals surface area contributed by atoms with E-state index in [0.717, 1.165) is 12.0 Å². The van der Waals surface area contributed by atoms with Crippen LogP contribution < -0.4 is 5.32 Å². The third-order valence-corrected chi connectivity index (χ3v) is 1.57. The molecule has 1 heterocycles. The number of nitrogens with one attached hydrogen (secondary N) is 1. The number of rotatable bonds is 3. The summed E-state index contributed by atoms with van der Waals surface area (Å²) in [5, 5.41) is 2.80. The van der Waals surface area contributed by atoms with Crippen molar-refractivity contribution >= 4 is 5.91 Å². The summed E-state index contributed by atoms with van der Waals surface area (Å²) in [4.78, 5) is 10.6. The van der Waals surface area contributed by atoms with Crippen LogP contribution in [-0.2, 0) is 11.2 Å². The first-order valence-corrected chi connectivity index (χ1v) is 3.96. The Morgan fingerprint density at radius 1 is 1.75 bits per heavy atom. The van der Waals surface area contributed by atoms with Crippen molar-refractivity contribution in [3.05, 3.63) is 24.2 Å². The van der Waals surface area contributed by atoms with E-state index >= 15 is 0 Å². The van der Waals surface area contributed by atoms with Crippen LogP contribution in [0.15, 0.2) is 23.0 Å². The summed E-state index contributed by atoms with van der Waals surface area (Å²) in [6, 6.07) is 2.07. The second kappa shape index (κ2) is 3.95. The van der Waals surface area contributed by atoms with E-state index in [1.807, 2.05) is 13.0 Å². The first kappa shape index (κ1) is 8.84. The van der Waals surface area contributed by atoms with E-state index in [4.69, 9.17) is 4.42 Å². The number of hydrogen-bond donors (Lipinski definition) is 1. The van der Waals surface area contributed by atoms with Gasteiger partial charge in [-0.2, -0.15) is 0 Å². The van der Waals surface area contributed by atoms with Gasteiger partial charge in [0.1, 0.15) is 0 Å². The average molecular weight is 167 g/mol. The summed E-state index contributed by atoms with van der Waals surface area (Å²) in [7, 11) is 0. The monoisotopic (exact) mass is 167 g/mol. The summed E-state index contributed by atoms with van der Waals surface area (Å²) >= 11 is 0. The molecule has 0 bridgehead atoms. The molecule has 0 saturated carbocycles. The minimum atomic E-state index is 0.00555. The molecular formula is C9H13NO2. The van der Waals surface area contributed by atoms with Gasteiger partial charge in [-0.25, -0.2) is 0 Å². The Balaban J connectivity index is 2.36. The van der Waals surface area contributed by atoms with E-state index in [2.05, 4.69) is 5.32 Å². The van der Waals surface area contributed by atoms with Crippen LogP contribution in [0.3, 0.4) is 0 Å². The van der Waals surface area contributed by atoms with Gasteiger partial charge in [0, 0.05) is 13.0 Å². The predicted octanol–water partition coefficient (Wildman–Crippen LogP) is 1.35. The minimum absolute atomic E-state index is 0.00555. The maximum absolute atomic E-state index is 10.6. The Kier molecular flexibility index (Phi) is 2.91. The molecule has 1 N–H and O–H groups in total. The van der Waals surface area contributed by atoms with Gasteiger partial charge in [-0.15, -0.1) is 0 Å². The molecule has 1 unspecified atom stereocenters. The SMILES string of the molecule is CC(=O)NC(C)Cc1ccoc1. The van der Waals surface area contributed by atoms with Crippen LogP contribution >= 0.6 is 0 Å². The second-order valence-electron chi connectivity index (χ2n) is 2.94. The molecule has 1 rings (SSSR count). The van der Waals surface area contributed by atoms with Crippen molar-refractivity contribution in [1.82, 2.24) is 5.32 Å². The summed E-state index contributed by atoms with van der Waals surface area (Å²) < 4.78 is 4.91. The van der Waals surface area contributed by atoms with Gasteiger partial charge in [0.05, 0.1) is 12.5 Å². The van der Waals surface area contributed by atoms with E-state index in [9.17, 15) is 4.79 Å². The van der Waals surface area contributed by atoms with Crippen molar-refractivity contribution in [2.45, 2.75) is 26.3 Å². The van der Waals surface area contributed by atoms with Gasteiger partial charge in [0.2, 0.25) is 5.91 Å². The van der Waals surface area contributed by atoms with Crippen LogP contribution in [-0.4, -0.2) is 11.9 Å². The molecule has 0 aliphatic heterocycles. The molecule has 1 atom stereocenters. The van der Waals surface area contributed by atoms with Gasteiger partial charge in [-0.1, -0.05) is 0 Å². The summed E-state index contributed by atoms with van der Waals surface area (Å²) in [5.74, 6) is 0.00555. The lowest BCUT2D eigenvalue weighted by atomic mass is 10.1. The van der Waals surface area contributed by atoms with Crippen LogP contribution in [0.4, 0.5) is 0 Å².